The van der Waals surface area contributed by atoms with E-state index >= 15 is 0 Å². The number of rotatable bonds is 2. The second-order valence-corrected chi connectivity index (χ2v) is 6.15. The highest BCUT2D eigenvalue weighted by Gasteiger charge is 2.27. The largest absolute Gasteiger partial charge is 0.337 e. The lowest BCUT2D eigenvalue weighted by Gasteiger charge is -2.20. The number of nitrogens with one attached hydrogen (secondary N) is 1. The molecule has 0 fully saturated rings. The minimum atomic E-state index is 0.0178. The first kappa shape index (κ1) is 11.3. The van der Waals surface area contributed by atoms with Gasteiger partial charge in [-0.05, 0) is 23.4 Å². The molecule has 1 N–H and O–H groups in total. The van der Waals surface area contributed by atoms with Crippen molar-refractivity contribution in [3.8, 4) is 10.7 Å². The van der Waals surface area contributed by atoms with Crippen molar-refractivity contribution in [1.29, 1.82) is 0 Å². The molecular formula is C12H10N4OS2. The van der Waals surface area contributed by atoms with Gasteiger partial charge in [0.25, 0.3) is 0 Å². The number of aromatic nitrogens is 3. The van der Waals surface area contributed by atoms with Gasteiger partial charge in [-0.3, -0.25) is 4.98 Å². The average molecular weight is 290 g/mol. The van der Waals surface area contributed by atoms with Gasteiger partial charge in [0.05, 0.1) is 10.4 Å². The fourth-order valence-electron chi connectivity index (χ4n) is 2.25. The zero-order valence-electron chi connectivity index (χ0n) is 9.87. The van der Waals surface area contributed by atoms with Crippen LogP contribution in [-0.4, -0.2) is 21.7 Å². The van der Waals surface area contributed by atoms with Crippen LogP contribution in [0.5, 0.6) is 0 Å². The highest BCUT2D eigenvalue weighted by atomic mass is 32.1. The second kappa shape index (κ2) is 4.52. The van der Waals surface area contributed by atoms with Crippen LogP contribution in [0.4, 0.5) is 0 Å². The van der Waals surface area contributed by atoms with Crippen molar-refractivity contribution in [3.05, 3.63) is 39.5 Å². The minimum absolute atomic E-state index is 0.0178. The molecular weight excluding hydrogens is 280 g/mol. The van der Waals surface area contributed by atoms with Gasteiger partial charge < -0.3 is 9.84 Å². The summed E-state index contributed by atoms with van der Waals surface area (Å²) in [6.07, 6.45) is 2.82. The predicted octanol–water partition coefficient (Wildman–Crippen LogP) is 2.49. The quantitative estimate of drug-likeness (QED) is 0.785. The Morgan fingerprint density at radius 2 is 2.37 bits per heavy atom. The molecule has 4 rings (SSSR count). The normalized spacial score (nSPS) is 18.4. The second-order valence-electron chi connectivity index (χ2n) is 4.26. The van der Waals surface area contributed by atoms with Crippen molar-refractivity contribution < 1.29 is 4.52 Å². The monoisotopic (exact) mass is 290 g/mol. The fraction of sp³-hybridized carbons (Fsp3) is 0.250. The third-order valence-corrected chi connectivity index (χ3v) is 4.90. The zero-order chi connectivity index (χ0) is 12.7. The summed E-state index contributed by atoms with van der Waals surface area (Å²) in [7, 11) is 0. The van der Waals surface area contributed by atoms with Crippen LogP contribution in [0, 0.1) is 0 Å². The summed E-state index contributed by atoms with van der Waals surface area (Å²) in [6, 6.07) is 2.15. The SMILES string of the molecule is c1ncc(-c2noc(C3NCCc4sccc43)n2)s1. The summed E-state index contributed by atoms with van der Waals surface area (Å²) >= 11 is 3.30. The van der Waals surface area contributed by atoms with E-state index in [0.717, 1.165) is 17.8 Å². The lowest BCUT2D eigenvalue weighted by Crippen LogP contribution is -2.29. The van der Waals surface area contributed by atoms with Crippen LogP contribution in [-0.2, 0) is 6.42 Å². The highest BCUT2D eigenvalue weighted by molar-refractivity contribution is 7.13. The molecule has 3 aromatic heterocycles. The number of thiophene rings is 1. The number of nitrogens with zero attached hydrogens (tertiary/aromatic N) is 3. The molecule has 0 aliphatic carbocycles. The molecule has 5 nitrogen and oxygen atoms in total. The Morgan fingerprint density at radius 3 is 3.26 bits per heavy atom. The third-order valence-electron chi connectivity index (χ3n) is 3.13. The molecule has 0 saturated carbocycles. The van der Waals surface area contributed by atoms with Gasteiger partial charge in [-0.15, -0.1) is 22.7 Å². The summed E-state index contributed by atoms with van der Waals surface area (Å²) < 4.78 is 5.41. The van der Waals surface area contributed by atoms with Crippen LogP contribution in [0.3, 0.4) is 0 Å². The first-order valence-electron chi connectivity index (χ1n) is 5.94. The molecule has 0 amide bonds. The molecule has 7 heteroatoms. The lowest BCUT2D eigenvalue weighted by molar-refractivity contribution is 0.344. The summed E-state index contributed by atoms with van der Waals surface area (Å²) in [5, 5.41) is 9.59. The van der Waals surface area contributed by atoms with Crippen LogP contribution in [0.1, 0.15) is 22.4 Å². The molecule has 96 valence electrons. The van der Waals surface area contributed by atoms with Crippen LogP contribution in [0.25, 0.3) is 10.7 Å². The van der Waals surface area contributed by atoms with Crippen LogP contribution < -0.4 is 5.32 Å². The van der Waals surface area contributed by atoms with Gasteiger partial charge in [0.1, 0.15) is 6.04 Å². The van der Waals surface area contributed by atoms with Gasteiger partial charge in [-0.2, -0.15) is 4.98 Å². The maximum Gasteiger partial charge on any atom is 0.248 e. The molecule has 0 radical (unpaired) electrons. The number of hydrogen-bond donors (Lipinski definition) is 1. The van der Waals surface area contributed by atoms with Crippen molar-refractivity contribution >= 4 is 22.7 Å². The van der Waals surface area contributed by atoms with Crippen LogP contribution in [0.2, 0.25) is 0 Å². The van der Waals surface area contributed by atoms with E-state index in [-0.39, 0.29) is 6.04 Å². The molecule has 4 heterocycles. The first-order valence-corrected chi connectivity index (χ1v) is 7.70. The predicted molar refractivity (Wildman–Crippen MR) is 73.3 cm³/mol. The molecule has 0 saturated heterocycles. The fourth-order valence-corrected chi connectivity index (χ4v) is 3.72. The van der Waals surface area contributed by atoms with E-state index in [1.54, 1.807) is 23.0 Å². The van der Waals surface area contributed by atoms with E-state index in [4.69, 9.17) is 4.52 Å². The Labute approximate surface area is 117 Å². The molecule has 0 spiro atoms. The Kier molecular flexibility index (Phi) is 2.68. The van der Waals surface area contributed by atoms with E-state index < -0.39 is 0 Å². The Morgan fingerprint density at radius 1 is 1.37 bits per heavy atom. The van der Waals surface area contributed by atoms with Gasteiger partial charge >= 0.3 is 0 Å². The smallest absolute Gasteiger partial charge is 0.248 e. The molecule has 1 aliphatic rings. The van der Waals surface area contributed by atoms with Crippen LogP contribution >= 0.6 is 22.7 Å². The van der Waals surface area contributed by atoms with Crippen molar-refractivity contribution in [2.75, 3.05) is 6.54 Å². The summed E-state index contributed by atoms with van der Waals surface area (Å²) in [5.74, 6) is 1.24. The average Bonchev–Trinajstić information content (AvgIpc) is 3.18. The first-order chi connectivity index (χ1) is 9.42. The van der Waals surface area contributed by atoms with E-state index in [9.17, 15) is 0 Å². The van der Waals surface area contributed by atoms with E-state index in [1.807, 2.05) is 0 Å². The van der Waals surface area contributed by atoms with Crippen molar-refractivity contribution in [1.82, 2.24) is 20.4 Å². The van der Waals surface area contributed by atoms with Gasteiger partial charge in [0, 0.05) is 17.6 Å². The van der Waals surface area contributed by atoms with Gasteiger partial charge in [0.15, 0.2) is 0 Å². The van der Waals surface area contributed by atoms with Gasteiger partial charge in [-0.1, -0.05) is 5.16 Å². The maximum atomic E-state index is 5.41. The maximum absolute atomic E-state index is 5.41. The number of fused-ring (bicyclic) bond motifs is 1. The number of thiazole rings is 1. The lowest BCUT2D eigenvalue weighted by atomic mass is 10.0. The standard InChI is InChI=1S/C12H10N4OS2/c1-3-14-10(7-2-4-18-8(1)7)12-15-11(16-17-12)9-5-13-6-19-9/h2,4-6,10,14H,1,3H2. The molecule has 1 atom stereocenters. The van der Waals surface area contributed by atoms with E-state index in [0.29, 0.717) is 11.7 Å². The Balaban J connectivity index is 1.71. The minimum Gasteiger partial charge on any atom is -0.337 e. The van der Waals surface area contributed by atoms with E-state index in [1.165, 1.54) is 21.8 Å². The molecule has 3 aromatic rings. The molecule has 19 heavy (non-hydrogen) atoms. The van der Waals surface area contributed by atoms with E-state index in [2.05, 4.69) is 31.9 Å². The topological polar surface area (TPSA) is 63.8 Å². The Hall–Kier alpha value is -1.57. The zero-order valence-corrected chi connectivity index (χ0v) is 11.5. The van der Waals surface area contributed by atoms with Crippen LogP contribution in [0.15, 0.2) is 27.7 Å². The van der Waals surface area contributed by atoms with Gasteiger partial charge in [0.2, 0.25) is 11.7 Å². The molecule has 0 aromatic carbocycles. The summed E-state index contributed by atoms with van der Waals surface area (Å²) in [4.78, 5) is 10.9. The molecule has 1 unspecified atom stereocenters. The van der Waals surface area contributed by atoms with Crippen molar-refractivity contribution in [2.45, 2.75) is 12.5 Å². The van der Waals surface area contributed by atoms with Crippen molar-refractivity contribution in [2.24, 2.45) is 0 Å². The summed E-state index contributed by atoms with van der Waals surface area (Å²) in [6.45, 7) is 0.941. The van der Waals surface area contributed by atoms with Gasteiger partial charge in [-0.25, -0.2) is 0 Å². The number of hydrogen-bond acceptors (Lipinski definition) is 7. The molecule has 1 aliphatic heterocycles. The van der Waals surface area contributed by atoms with Crippen molar-refractivity contribution in [3.63, 3.8) is 0 Å². The third kappa shape index (κ3) is 1.90. The summed E-state index contributed by atoms with van der Waals surface area (Å²) in [5.41, 5.74) is 3.03. The molecule has 0 bridgehead atoms. The highest BCUT2D eigenvalue weighted by Crippen LogP contribution is 2.32. The Bertz CT molecular complexity index is 688.